The molecular formula is C21H30N4O2. The van der Waals surface area contributed by atoms with Crippen LogP contribution in [0.1, 0.15) is 49.4 Å². The van der Waals surface area contributed by atoms with Gasteiger partial charge in [-0.25, -0.2) is 0 Å². The third kappa shape index (κ3) is 2.93. The van der Waals surface area contributed by atoms with E-state index < -0.39 is 0 Å². The van der Waals surface area contributed by atoms with Gasteiger partial charge >= 0.3 is 0 Å². The first-order valence-corrected chi connectivity index (χ1v) is 10.4. The number of hydrogen-bond acceptors (Lipinski definition) is 5. The van der Waals surface area contributed by atoms with E-state index in [1.54, 1.807) is 4.90 Å². The van der Waals surface area contributed by atoms with Crippen molar-refractivity contribution in [3.63, 3.8) is 0 Å². The zero-order valence-corrected chi connectivity index (χ0v) is 16.4. The molecule has 0 aromatic carbocycles. The Kier molecular flexibility index (Phi) is 4.17. The number of carbonyl (C=O) groups excluding carboxylic acids is 1. The summed E-state index contributed by atoms with van der Waals surface area (Å²) in [7, 11) is 3.69. The first kappa shape index (κ1) is 17.4. The molecule has 2 atom stereocenters. The average Bonchev–Trinajstić information content (AvgIpc) is 2.99. The van der Waals surface area contributed by atoms with Gasteiger partial charge in [0.2, 0.25) is 5.91 Å². The largest absolute Gasteiger partial charge is 0.490 e. The number of carbonyl (C=O) groups is 1. The minimum atomic E-state index is 0.225. The fourth-order valence-electron chi connectivity index (χ4n) is 5.51. The minimum Gasteiger partial charge on any atom is -0.490 e. The molecule has 3 aliphatic heterocycles. The van der Waals surface area contributed by atoms with Crippen molar-refractivity contribution in [1.29, 1.82) is 0 Å². The van der Waals surface area contributed by atoms with Gasteiger partial charge in [0.15, 0.2) is 0 Å². The molecule has 4 aliphatic rings. The smallest absolute Gasteiger partial charge is 0.223 e. The van der Waals surface area contributed by atoms with Crippen molar-refractivity contribution in [1.82, 2.24) is 20.1 Å². The Bertz CT molecular complexity index is 738. The number of fused-ring (bicyclic) bond motifs is 3. The molecule has 0 bridgehead atoms. The SMILES string of the molecule is CN(C)C(=O)CC1CCC2c3c(OC4CC5(CNC5)C4)ccnc3CCN12. The summed E-state index contributed by atoms with van der Waals surface area (Å²) >= 11 is 0. The molecule has 6 nitrogen and oxygen atoms in total. The Morgan fingerprint density at radius 1 is 1.37 bits per heavy atom. The van der Waals surface area contributed by atoms with Gasteiger partial charge in [0, 0.05) is 75.8 Å². The van der Waals surface area contributed by atoms with Crippen molar-refractivity contribution < 1.29 is 9.53 Å². The van der Waals surface area contributed by atoms with Crippen LogP contribution < -0.4 is 10.1 Å². The van der Waals surface area contributed by atoms with E-state index in [0.29, 0.717) is 30.0 Å². The predicted octanol–water partition coefficient (Wildman–Crippen LogP) is 1.75. The van der Waals surface area contributed by atoms with Crippen LogP contribution >= 0.6 is 0 Å². The lowest BCUT2D eigenvalue weighted by molar-refractivity contribution is -0.129. The fraction of sp³-hybridized carbons (Fsp3) is 0.714. The number of ether oxygens (including phenoxy) is 1. The van der Waals surface area contributed by atoms with Crippen molar-refractivity contribution >= 4 is 5.91 Å². The molecule has 27 heavy (non-hydrogen) atoms. The molecule has 1 amide bonds. The maximum atomic E-state index is 12.2. The molecule has 0 radical (unpaired) electrons. The molecule has 1 aromatic heterocycles. The van der Waals surface area contributed by atoms with E-state index in [9.17, 15) is 4.79 Å². The topological polar surface area (TPSA) is 57.7 Å². The molecule has 146 valence electrons. The highest BCUT2D eigenvalue weighted by Gasteiger charge is 2.50. The fourth-order valence-corrected chi connectivity index (χ4v) is 5.51. The monoisotopic (exact) mass is 370 g/mol. The molecule has 1 spiro atoms. The quantitative estimate of drug-likeness (QED) is 0.875. The van der Waals surface area contributed by atoms with E-state index in [0.717, 1.165) is 44.6 Å². The first-order chi connectivity index (χ1) is 13.0. The zero-order valence-electron chi connectivity index (χ0n) is 16.4. The number of pyridine rings is 1. The lowest BCUT2D eigenvalue weighted by Crippen LogP contribution is -2.62. The normalized spacial score (nSPS) is 28.8. The second-order valence-corrected chi connectivity index (χ2v) is 9.15. The second-order valence-electron chi connectivity index (χ2n) is 9.15. The Hall–Kier alpha value is -1.66. The van der Waals surface area contributed by atoms with E-state index in [4.69, 9.17) is 4.74 Å². The van der Waals surface area contributed by atoms with Crippen LogP contribution in [0.25, 0.3) is 0 Å². The van der Waals surface area contributed by atoms with Crippen molar-refractivity contribution in [3.05, 3.63) is 23.5 Å². The minimum absolute atomic E-state index is 0.225. The summed E-state index contributed by atoms with van der Waals surface area (Å²) in [6.45, 7) is 3.30. The van der Waals surface area contributed by atoms with Gasteiger partial charge in [-0.15, -0.1) is 0 Å². The first-order valence-electron chi connectivity index (χ1n) is 10.4. The Labute approximate surface area is 161 Å². The van der Waals surface area contributed by atoms with E-state index >= 15 is 0 Å². The van der Waals surface area contributed by atoms with Crippen molar-refractivity contribution in [2.45, 2.75) is 56.7 Å². The van der Waals surface area contributed by atoms with Gasteiger partial charge in [-0.1, -0.05) is 0 Å². The molecule has 1 aromatic rings. The summed E-state index contributed by atoms with van der Waals surface area (Å²) in [5.41, 5.74) is 3.03. The number of rotatable bonds is 4. The van der Waals surface area contributed by atoms with Crippen LogP contribution in [0, 0.1) is 5.41 Å². The van der Waals surface area contributed by atoms with E-state index in [2.05, 4.69) is 21.3 Å². The maximum absolute atomic E-state index is 12.2. The zero-order chi connectivity index (χ0) is 18.6. The highest BCUT2D eigenvalue weighted by molar-refractivity contribution is 5.76. The summed E-state index contributed by atoms with van der Waals surface area (Å²) in [4.78, 5) is 21.1. The van der Waals surface area contributed by atoms with Gasteiger partial charge in [0.1, 0.15) is 5.75 Å². The molecule has 4 heterocycles. The van der Waals surface area contributed by atoms with Gasteiger partial charge < -0.3 is 15.0 Å². The molecule has 1 aliphatic carbocycles. The average molecular weight is 370 g/mol. The predicted molar refractivity (Wildman–Crippen MR) is 103 cm³/mol. The maximum Gasteiger partial charge on any atom is 0.223 e. The summed E-state index contributed by atoms with van der Waals surface area (Å²) in [5, 5.41) is 3.39. The van der Waals surface area contributed by atoms with Gasteiger partial charge in [-0.2, -0.15) is 0 Å². The van der Waals surface area contributed by atoms with Crippen LogP contribution in [-0.2, 0) is 11.2 Å². The van der Waals surface area contributed by atoms with Crippen molar-refractivity contribution in [2.24, 2.45) is 5.41 Å². The molecule has 3 fully saturated rings. The van der Waals surface area contributed by atoms with Crippen LogP contribution in [0.3, 0.4) is 0 Å². The number of nitrogens with one attached hydrogen (secondary N) is 1. The summed E-state index contributed by atoms with van der Waals surface area (Å²) in [6.07, 6.45) is 8.35. The molecule has 2 saturated heterocycles. The van der Waals surface area contributed by atoms with E-state index in [1.165, 1.54) is 24.1 Å². The number of aromatic nitrogens is 1. The lowest BCUT2D eigenvalue weighted by Gasteiger charge is -2.54. The Balaban J connectivity index is 1.33. The highest BCUT2D eigenvalue weighted by atomic mass is 16.5. The molecule has 5 rings (SSSR count). The van der Waals surface area contributed by atoms with Crippen LogP contribution in [-0.4, -0.2) is 66.6 Å². The highest BCUT2D eigenvalue weighted by Crippen LogP contribution is 2.49. The van der Waals surface area contributed by atoms with Crippen molar-refractivity contribution in [2.75, 3.05) is 33.7 Å². The van der Waals surface area contributed by atoms with Crippen LogP contribution in [0.4, 0.5) is 0 Å². The van der Waals surface area contributed by atoms with Gasteiger partial charge in [-0.3, -0.25) is 14.7 Å². The molecule has 2 unspecified atom stereocenters. The van der Waals surface area contributed by atoms with Crippen LogP contribution in [0.2, 0.25) is 0 Å². The van der Waals surface area contributed by atoms with E-state index in [1.807, 2.05) is 20.3 Å². The van der Waals surface area contributed by atoms with Crippen LogP contribution in [0.15, 0.2) is 12.3 Å². The van der Waals surface area contributed by atoms with E-state index in [-0.39, 0.29) is 5.91 Å². The molecule has 6 heteroatoms. The third-order valence-corrected chi connectivity index (χ3v) is 7.14. The molecular weight excluding hydrogens is 340 g/mol. The van der Waals surface area contributed by atoms with Gasteiger partial charge in [0.05, 0.1) is 11.8 Å². The number of nitrogens with zero attached hydrogens (tertiary/aromatic N) is 3. The summed E-state index contributed by atoms with van der Waals surface area (Å²) in [5.74, 6) is 1.27. The summed E-state index contributed by atoms with van der Waals surface area (Å²) in [6, 6.07) is 2.76. The summed E-state index contributed by atoms with van der Waals surface area (Å²) < 4.78 is 6.47. The standard InChI is InChI=1S/C21H30N4O2/c1-24(2)19(26)9-14-3-4-17-20-16(6-8-25(14)17)23-7-5-18(20)27-15-10-21(11-15)12-22-13-21/h5,7,14-15,17,22H,3-4,6,8-13H2,1-2H3. The third-order valence-electron chi connectivity index (χ3n) is 7.14. The lowest BCUT2D eigenvalue weighted by atomic mass is 9.63. The van der Waals surface area contributed by atoms with Crippen molar-refractivity contribution in [3.8, 4) is 5.75 Å². The van der Waals surface area contributed by atoms with Gasteiger partial charge in [0.25, 0.3) is 0 Å². The Morgan fingerprint density at radius 3 is 2.89 bits per heavy atom. The van der Waals surface area contributed by atoms with Gasteiger partial charge in [-0.05, 0) is 31.7 Å². The molecule has 1 saturated carbocycles. The molecule has 1 N–H and O–H groups in total. The Morgan fingerprint density at radius 2 is 2.19 bits per heavy atom. The number of hydrogen-bond donors (Lipinski definition) is 1. The second kappa shape index (κ2) is 6.45. The van der Waals surface area contributed by atoms with Crippen LogP contribution in [0.5, 0.6) is 5.75 Å². The number of amides is 1.